The van der Waals surface area contributed by atoms with E-state index in [9.17, 15) is 4.79 Å². The van der Waals surface area contributed by atoms with Gasteiger partial charge in [0.25, 0.3) is 0 Å². The summed E-state index contributed by atoms with van der Waals surface area (Å²) in [5, 5.41) is 8.71. The Kier molecular flexibility index (Phi) is 4.08. The van der Waals surface area contributed by atoms with Crippen LogP contribution in [0.15, 0.2) is 36.4 Å². The summed E-state index contributed by atoms with van der Waals surface area (Å²) in [6.07, 6.45) is 0. The highest BCUT2D eigenvalue weighted by Crippen LogP contribution is 2.16. The maximum Gasteiger partial charge on any atom is 0.325 e. The molecule has 0 saturated heterocycles. The average molecular weight is 221 g/mol. The normalized spacial score (nSPS) is 11.9. The van der Waals surface area contributed by atoms with E-state index in [2.05, 4.69) is 6.58 Å². The van der Waals surface area contributed by atoms with Crippen molar-refractivity contribution in [3.63, 3.8) is 0 Å². The van der Waals surface area contributed by atoms with Crippen molar-refractivity contribution in [3.8, 4) is 5.75 Å². The van der Waals surface area contributed by atoms with Crippen LogP contribution in [0.3, 0.4) is 0 Å². The SMILES string of the molecule is C=C(C)COc1ccc(C(N)C(=O)O)cc1. The molecule has 0 aromatic heterocycles. The van der Waals surface area contributed by atoms with Gasteiger partial charge in [-0.2, -0.15) is 0 Å². The standard InChI is InChI=1S/C12H15NO3/c1-8(2)7-16-10-5-3-9(4-6-10)11(13)12(14)15/h3-6,11H,1,7,13H2,2H3,(H,14,15). The molecule has 16 heavy (non-hydrogen) atoms. The first-order chi connectivity index (χ1) is 7.50. The minimum atomic E-state index is -1.05. The van der Waals surface area contributed by atoms with Gasteiger partial charge in [-0.05, 0) is 30.2 Å². The van der Waals surface area contributed by atoms with Crippen LogP contribution >= 0.6 is 0 Å². The Hall–Kier alpha value is -1.81. The van der Waals surface area contributed by atoms with Crippen LogP contribution < -0.4 is 10.5 Å². The van der Waals surface area contributed by atoms with Gasteiger partial charge in [-0.25, -0.2) is 0 Å². The fourth-order valence-corrected chi connectivity index (χ4v) is 1.12. The van der Waals surface area contributed by atoms with E-state index in [1.807, 2.05) is 6.92 Å². The van der Waals surface area contributed by atoms with Crippen LogP contribution in [0.5, 0.6) is 5.75 Å². The Bertz CT molecular complexity index is 384. The topological polar surface area (TPSA) is 72.5 Å². The molecule has 0 amide bonds. The molecule has 4 nitrogen and oxygen atoms in total. The van der Waals surface area contributed by atoms with Crippen molar-refractivity contribution in [1.82, 2.24) is 0 Å². The second kappa shape index (κ2) is 5.32. The van der Waals surface area contributed by atoms with Crippen molar-refractivity contribution in [2.45, 2.75) is 13.0 Å². The zero-order chi connectivity index (χ0) is 12.1. The maximum absolute atomic E-state index is 10.6. The second-order valence-corrected chi connectivity index (χ2v) is 3.63. The summed E-state index contributed by atoms with van der Waals surface area (Å²) in [5.74, 6) is -0.375. The first-order valence-corrected chi connectivity index (χ1v) is 4.86. The Labute approximate surface area is 94.3 Å². The van der Waals surface area contributed by atoms with E-state index in [-0.39, 0.29) is 0 Å². The van der Waals surface area contributed by atoms with Crippen molar-refractivity contribution in [1.29, 1.82) is 0 Å². The molecular weight excluding hydrogens is 206 g/mol. The Morgan fingerprint density at radius 3 is 2.50 bits per heavy atom. The molecule has 0 aliphatic carbocycles. The van der Waals surface area contributed by atoms with Crippen molar-refractivity contribution in [2.75, 3.05) is 6.61 Å². The van der Waals surface area contributed by atoms with Crippen molar-refractivity contribution in [3.05, 3.63) is 42.0 Å². The van der Waals surface area contributed by atoms with Crippen LogP contribution in [0.4, 0.5) is 0 Å². The number of hydrogen-bond acceptors (Lipinski definition) is 3. The van der Waals surface area contributed by atoms with Crippen LogP contribution in [0.1, 0.15) is 18.5 Å². The maximum atomic E-state index is 10.6. The third-order valence-electron chi connectivity index (χ3n) is 1.99. The van der Waals surface area contributed by atoms with Crippen LogP contribution in [-0.2, 0) is 4.79 Å². The van der Waals surface area contributed by atoms with Gasteiger partial charge < -0.3 is 15.6 Å². The lowest BCUT2D eigenvalue weighted by Gasteiger charge is -2.09. The van der Waals surface area contributed by atoms with E-state index in [4.69, 9.17) is 15.6 Å². The van der Waals surface area contributed by atoms with Gasteiger partial charge in [0.15, 0.2) is 0 Å². The van der Waals surface area contributed by atoms with Crippen LogP contribution in [-0.4, -0.2) is 17.7 Å². The second-order valence-electron chi connectivity index (χ2n) is 3.63. The number of carboxylic acids is 1. The quantitative estimate of drug-likeness (QED) is 0.742. The van der Waals surface area contributed by atoms with Crippen molar-refractivity contribution < 1.29 is 14.6 Å². The number of carboxylic acid groups (broad SMARTS) is 1. The molecule has 0 aliphatic rings. The number of nitrogens with two attached hydrogens (primary N) is 1. The Morgan fingerprint density at radius 2 is 2.06 bits per heavy atom. The number of rotatable bonds is 5. The van der Waals surface area contributed by atoms with Gasteiger partial charge in [0.2, 0.25) is 0 Å². The van der Waals surface area contributed by atoms with E-state index in [1.165, 1.54) is 0 Å². The molecule has 3 N–H and O–H groups in total. The molecule has 0 bridgehead atoms. The molecule has 0 saturated carbocycles. The highest BCUT2D eigenvalue weighted by atomic mass is 16.5. The van der Waals surface area contributed by atoms with E-state index in [1.54, 1.807) is 24.3 Å². The molecule has 1 unspecified atom stereocenters. The van der Waals surface area contributed by atoms with E-state index >= 15 is 0 Å². The number of hydrogen-bond donors (Lipinski definition) is 2. The minimum absolute atomic E-state index is 0.449. The molecule has 0 aliphatic heterocycles. The molecule has 1 rings (SSSR count). The summed E-state index contributed by atoms with van der Waals surface area (Å²) in [6.45, 7) is 6.03. The molecule has 0 heterocycles. The summed E-state index contributed by atoms with van der Waals surface area (Å²) in [7, 11) is 0. The minimum Gasteiger partial charge on any atom is -0.489 e. The first-order valence-electron chi connectivity index (χ1n) is 4.86. The van der Waals surface area contributed by atoms with Crippen LogP contribution in [0.2, 0.25) is 0 Å². The van der Waals surface area contributed by atoms with Gasteiger partial charge in [0.1, 0.15) is 18.4 Å². The fourth-order valence-electron chi connectivity index (χ4n) is 1.12. The summed E-state index contributed by atoms with van der Waals surface area (Å²) in [4.78, 5) is 10.6. The van der Waals surface area contributed by atoms with Crippen LogP contribution in [0.25, 0.3) is 0 Å². The smallest absolute Gasteiger partial charge is 0.325 e. The average Bonchev–Trinajstić information content (AvgIpc) is 2.26. The number of aliphatic carboxylic acids is 1. The molecular formula is C12H15NO3. The van der Waals surface area contributed by atoms with E-state index in [0.717, 1.165) is 5.57 Å². The molecule has 1 aromatic rings. The predicted octanol–water partition coefficient (Wildman–Crippen LogP) is 1.73. The number of ether oxygens (including phenoxy) is 1. The third-order valence-corrected chi connectivity index (χ3v) is 1.99. The largest absolute Gasteiger partial charge is 0.489 e. The highest BCUT2D eigenvalue weighted by molar-refractivity contribution is 5.75. The summed E-state index contributed by atoms with van der Waals surface area (Å²) >= 11 is 0. The van der Waals surface area contributed by atoms with Gasteiger partial charge in [0, 0.05) is 0 Å². The summed E-state index contributed by atoms with van der Waals surface area (Å²) < 4.78 is 5.37. The molecule has 1 atom stereocenters. The fraction of sp³-hybridized carbons (Fsp3) is 0.250. The van der Waals surface area contributed by atoms with Gasteiger partial charge in [-0.3, -0.25) is 4.79 Å². The zero-order valence-corrected chi connectivity index (χ0v) is 9.14. The van der Waals surface area contributed by atoms with Gasteiger partial charge in [0.05, 0.1) is 0 Å². The summed E-state index contributed by atoms with van der Waals surface area (Å²) in [5.41, 5.74) is 6.93. The Morgan fingerprint density at radius 1 is 1.50 bits per heavy atom. The lowest BCUT2D eigenvalue weighted by atomic mass is 10.1. The number of benzene rings is 1. The van der Waals surface area contributed by atoms with E-state index in [0.29, 0.717) is 17.9 Å². The molecule has 4 heteroatoms. The zero-order valence-electron chi connectivity index (χ0n) is 9.14. The van der Waals surface area contributed by atoms with E-state index < -0.39 is 12.0 Å². The predicted molar refractivity (Wildman–Crippen MR) is 61.3 cm³/mol. The molecule has 0 fully saturated rings. The van der Waals surface area contributed by atoms with Gasteiger partial charge >= 0.3 is 5.97 Å². The molecule has 0 spiro atoms. The Balaban J connectivity index is 2.67. The lowest BCUT2D eigenvalue weighted by Crippen LogP contribution is -2.20. The first kappa shape index (κ1) is 12.3. The van der Waals surface area contributed by atoms with Crippen molar-refractivity contribution >= 4 is 5.97 Å². The third kappa shape index (κ3) is 3.40. The molecule has 86 valence electrons. The van der Waals surface area contributed by atoms with Crippen LogP contribution in [0, 0.1) is 0 Å². The van der Waals surface area contributed by atoms with Gasteiger partial charge in [-0.15, -0.1) is 0 Å². The molecule has 0 radical (unpaired) electrons. The lowest BCUT2D eigenvalue weighted by molar-refractivity contribution is -0.138. The summed E-state index contributed by atoms with van der Waals surface area (Å²) in [6, 6.07) is 5.69. The monoisotopic (exact) mass is 221 g/mol. The highest BCUT2D eigenvalue weighted by Gasteiger charge is 2.13. The van der Waals surface area contributed by atoms with Gasteiger partial charge in [-0.1, -0.05) is 18.7 Å². The number of carbonyl (C=O) groups is 1. The molecule has 1 aromatic carbocycles. The van der Waals surface area contributed by atoms with Crippen molar-refractivity contribution in [2.24, 2.45) is 5.73 Å².